The average Bonchev–Trinajstić information content (AvgIpc) is 2.75. The number of rotatable bonds is 10. The summed E-state index contributed by atoms with van der Waals surface area (Å²) in [4.78, 5) is 1.38. The highest BCUT2D eigenvalue weighted by Crippen LogP contribution is 2.21. The average molecular weight is 288 g/mol. The van der Waals surface area contributed by atoms with Crippen LogP contribution < -0.4 is 5.32 Å². The highest BCUT2D eigenvalue weighted by atomic mass is 35.5. The van der Waals surface area contributed by atoms with Crippen molar-refractivity contribution in [3.8, 4) is 0 Å². The maximum absolute atomic E-state index is 5.91. The molecule has 1 atom stereocenters. The smallest absolute Gasteiger partial charge is 0.0931 e. The Morgan fingerprint density at radius 2 is 2.00 bits per heavy atom. The van der Waals surface area contributed by atoms with E-state index in [2.05, 4.69) is 25.2 Å². The fourth-order valence-corrected chi connectivity index (χ4v) is 3.17. The van der Waals surface area contributed by atoms with Gasteiger partial charge in [-0.2, -0.15) is 0 Å². The van der Waals surface area contributed by atoms with Crippen LogP contribution in [0.5, 0.6) is 0 Å². The second-order valence-electron chi connectivity index (χ2n) is 5.01. The molecule has 1 aromatic heterocycles. The van der Waals surface area contributed by atoms with Crippen molar-refractivity contribution in [2.24, 2.45) is 0 Å². The van der Waals surface area contributed by atoms with Crippen molar-refractivity contribution in [2.75, 3.05) is 6.54 Å². The van der Waals surface area contributed by atoms with Gasteiger partial charge in [-0.25, -0.2) is 0 Å². The summed E-state index contributed by atoms with van der Waals surface area (Å²) in [6, 6.07) is 4.75. The first-order valence-corrected chi connectivity index (χ1v) is 8.39. The van der Waals surface area contributed by atoms with E-state index >= 15 is 0 Å². The molecule has 0 amide bonds. The zero-order chi connectivity index (χ0) is 13.2. The minimum atomic E-state index is 0.641. The number of unbranched alkanes of at least 4 members (excludes halogenated alkanes) is 4. The molecule has 0 aliphatic rings. The zero-order valence-electron chi connectivity index (χ0n) is 11.7. The largest absolute Gasteiger partial charge is 0.314 e. The SMILES string of the molecule is CCCCCCCC(C)NCCc1ccc(Cl)s1. The van der Waals surface area contributed by atoms with Gasteiger partial charge in [-0.1, -0.05) is 50.6 Å². The summed E-state index contributed by atoms with van der Waals surface area (Å²) in [7, 11) is 0. The van der Waals surface area contributed by atoms with Gasteiger partial charge in [0.05, 0.1) is 4.34 Å². The summed E-state index contributed by atoms with van der Waals surface area (Å²) in [5.74, 6) is 0. The maximum atomic E-state index is 5.91. The quantitative estimate of drug-likeness (QED) is 0.577. The van der Waals surface area contributed by atoms with Gasteiger partial charge in [0.15, 0.2) is 0 Å². The first-order chi connectivity index (χ1) is 8.72. The van der Waals surface area contributed by atoms with Crippen LogP contribution in [0, 0.1) is 0 Å². The molecule has 0 saturated heterocycles. The summed E-state index contributed by atoms with van der Waals surface area (Å²) >= 11 is 7.60. The van der Waals surface area contributed by atoms with Crippen LogP contribution >= 0.6 is 22.9 Å². The van der Waals surface area contributed by atoms with Crippen LogP contribution in [-0.4, -0.2) is 12.6 Å². The second-order valence-corrected chi connectivity index (χ2v) is 6.81. The van der Waals surface area contributed by atoms with Crippen molar-refractivity contribution in [1.82, 2.24) is 5.32 Å². The number of hydrogen-bond acceptors (Lipinski definition) is 2. The monoisotopic (exact) mass is 287 g/mol. The lowest BCUT2D eigenvalue weighted by molar-refractivity contribution is 0.483. The summed E-state index contributed by atoms with van der Waals surface area (Å²) in [5.41, 5.74) is 0. The van der Waals surface area contributed by atoms with Crippen molar-refractivity contribution in [1.29, 1.82) is 0 Å². The van der Waals surface area contributed by atoms with Gasteiger partial charge in [-0.3, -0.25) is 0 Å². The van der Waals surface area contributed by atoms with Crippen LogP contribution in [0.4, 0.5) is 0 Å². The lowest BCUT2D eigenvalue weighted by Gasteiger charge is -2.13. The molecular weight excluding hydrogens is 262 g/mol. The molecule has 0 aliphatic heterocycles. The third kappa shape index (κ3) is 7.40. The van der Waals surface area contributed by atoms with E-state index in [0.717, 1.165) is 17.3 Å². The van der Waals surface area contributed by atoms with Gasteiger partial charge in [-0.05, 0) is 31.9 Å². The number of thiophene rings is 1. The Morgan fingerprint density at radius 3 is 2.67 bits per heavy atom. The van der Waals surface area contributed by atoms with Crippen molar-refractivity contribution in [3.63, 3.8) is 0 Å². The summed E-state index contributed by atoms with van der Waals surface area (Å²) in [6.07, 6.45) is 9.26. The summed E-state index contributed by atoms with van der Waals surface area (Å²) < 4.78 is 0.897. The summed E-state index contributed by atoms with van der Waals surface area (Å²) in [6.45, 7) is 5.62. The minimum Gasteiger partial charge on any atom is -0.314 e. The van der Waals surface area contributed by atoms with Crippen molar-refractivity contribution < 1.29 is 0 Å². The Balaban J connectivity index is 1.98. The third-order valence-corrected chi connectivity index (χ3v) is 4.52. The van der Waals surface area contributed by atoms with Crippen LogP contribution in [-0.2, 0) is 6.42 Å². The molecule has 0 spiro atoms. The first-order valence-electron chi connectivity index (χ1n) is 7.20. The second kappa shape index (κ2) is 9.82. The van der Waals surface area contributed by atoms with Crippen molar-refractivity contribution in [2.45, 2.75) is 64.8 Å². The molecule has 0 aromatic carbocycles. The number of halogens is 1. The highest BCUT2D eigenvalue weighted by molar-refractivity contribution is 7.16. The molecule has 1 nitrogen and oxygen atoms in total. The lowest BCUT2D eigenvalue weighted by atomic mass is 10.1. The van der Waals surface area contributed by atoms with Gasteiger partial charge in [0, 0.05) is 17.5 Å². The normalized spacial score (nSPS) is 12.8. The van der Waals surface area contributed by atoms with Gasteiger partial charge in [0.1, 0.15) is 0 Å². The maximum Gasteiger partial charge on any atom is 0.0931 e. The van der Waals surface area contributed by atoms with E-state index < -0.39 is 0 Å². The molecule has 1 N–H and O–H groups in total. The Kier molecular flexibility index (Phi) is 8.74. The molecule has 0 radical (unpaired) electrons. The van der Waals surface area contributed by atoms with Crippen molar-refractivity contribution in [3.05, 3.63) is 21.3 Å². The minimum absolute atomic E-state index is 0.641. The van der Waals surface area contributed by atoms with E-state index in [0.29, 0.717) is 6.04 Å². The molecule has 0 bridgehead atoms. The van der Waals surface area contributed by atoms with E-state index in [1.165, 1.54) is 43.4 Å². The molecule has 0 saturated carbocycles. The van der Waals surface area contributed by atoms with Crippen LogP contribution in [0.2, 0.25) is 4.34 Å². The van der Waals surface area contributed by atoms with Crippen LogP contribution in [0.15, 0.2) is 12.1 Å². The molecule has 0 fully saturated rings. The Labute approximate surface area is 121 Å². The van der Waals surface area contributed by atoms with E-state index in [4.69, 9.17) is 11.6 Å². The van der Waals surface area contributed by atoms with Crippen LogP contribution in [0.1, 0.15) is 57.2 Å². The first kappa shape index (κ1) is 16.0. The lowest BCUT2D eigenvalue weighted by Crippen LogP contribution is -2.27. The molecular formula is C15H26ClNS. The molecule has 1 aromatic rings. The number of nitrogens with one attached hydrogen (secondary N) is 1. The number of hydrogen-bond donors (Lipinski definition) is 1. The van der Waals surface area contributed by atoms with Gasteiger partial charge in [-0.15, -0.1) is 11.3 Å². The fourth-order valence-electron chi connectivity index (χ4n) is 2.08. The molecule has 0 aliphatic carbocycles. The zero-order valence-corrected chi connectivity index (χ0v) is 13.2. The Hall–Kier alpha value is -0.0500. The van der Waals surface area contributed by atoms with E-state index in [1.807, 2.05) is 6.07 Å². The third-order valence-electron chi connectivity index (χ3n) is 3.23. The predicted molar refractivity (Wildman–Crippen MR) is 83.9 cm³/mol. The van der Waals surface area contributed by atoms with E-state index in [-0.39, 0.29) is 0 Å². The molecule has 1 heterocycles. The van der Waals surface area contributed by atoms with E-state index in [9.17, 15) is 0 Å². The molecule has 1 rings (SSSR count). The van der Waals surface area contributed by atoms with Gasteiger partial charge in [0.2, 0.25) is 0 Å². The van der Waals surface area contributed by atoms with Crippen LogP contribution in [0.25, 0.3) is 0 Å². The standard InChI is InChI=1S/C15H26ClNS/c1-3-4-5-6-7-8-13(2)17-12-11-14-9-10-15(16)18-14/h9-10,13,17H,3-8,11-12H2,1-2H3. The van der Waals surface area contributed by atoms with Crippen molar-refractivity contribution >= 4 is 22.9 Å². The summed E-state index contributed by atoms with van der Waals surface area (Å²) in [5, 5.41) is 3.59. The van der Waals surface area contributed by atoms with E-state index in [1.54, 1.807) is 11.3 Å². The Bertz CT molecular complexity index is 311. The van der Waals surface area contributed by atoms with Gasteiger partial charge in [0.25, 0.3) is 0 Å². The van der Waals surface area contributed by atoms with Crippen LogP contribution in [0.3, 0.4) is 0 Å². The highest BCUT2D eigenvalue weighted by Gasteiger charge is 2.02. The molecule has 1 unspecified atom stereocenters. The molecule has 104 valence electrons. The molecule has 18 heavy (non-hydrogen) atoms. The predicted octanol–water partition coefficient (Wildman–Crippen LogP) is 5.28. The van der Waals surface area contributed by atoms with Gasteiger partial charge >= 0.3 is 0 Å². The fraction of sp³-hybridized carbons (Fsp3) is 0.733. The topological polar surface area (TPSA) is 12.0 Å². The van der Waals surface area contributed by atoms with Gasteiger partial charge < -0.3 is 5.32 Å². The molecule has 3 heteroatoms. The Morgan fingerprint density at radius 1 is 1.22 bits per heavy atom.